The Bertz CT molecular complexity index is 619. The number of aryl methyl sites for hydroxylation is 1. The van der Waals surface area contributed by atoms with Crippen molar-refractivity contribution in [3.05, 3.63) is 6.20 Å². The smallest absolute Gasteiger partial charge is 0.246 e. The van der Waals surface area contributed by atoms with Gasteiger partial charge in [0.2, 0.25) is 15.9 Å². The molecule has 9 heteroatoms. The van der Waals surface area contributed by atoms with Crippen LogP contribution < -0.4 is 10.5 Å². The van der Waals surface area contributed by atoms with Gasteiger partial charge in [-0.1, -0.05) is 0 Å². The molecule has 1 amide bonds. The Morgan fingerprint density at radius 2 is 2.10 bits per heavy atom. The number of nitrogen functional groups attached to an aromatic ring is 1. The number of nitrogens with one attached hydrogen (secondary N) is 1. The molecular formula is C12H21N5O3S. The summed E-state index contributed by atoms with van der Waals surface area (Å²) in [6.07, 6.45) is 3.29. The monoisotopic (exact) mass is 315 g/mol. The molecule has 0 aliphatic carbocycles. The summed E-state index contributed by atoms with van der Waals surface area (Å²) in [5.41, 5.74) is 5.63. The standard InChI is InChI=1S/C12H21N5O3S/c1-3-17-8-10(11(13)14-17)21(19,20)15-9(2)12(18)16-6-4-5-7-16/h8-9,15H,3-7H2,1-2H3,(H2,13,14). The first-order valence-electron chi connectivity index (χ1n) is 6.99. The van der Waals surface area contributed by atoms with Crippen LogP contribution in [0.25, 0.3) is 0 Å². The topological polar surface area (TPSA) is 110 Å². The van der Waals surface area contributed by atoms with Crippen molar-refractivity contribution in [1.29, 1.82) is 0 Å². The zero-order valence-electron chi connectivity index (χ0n) is 12.2. The summed E-state index contributed by atoms with van der Waals surface area (Å²) in [5.74, 6) is -0.275. The fourth-order valence-corrected chi connectivity index (χ4v) is 3.61. The molecule has 1 aliphatic heterocycles. The van der Waals surface area contributed by atoms with Crippen LogP contribution in [0.5, 0.6) is 0 Å². The van der Waals surface area contributed by atoms with E-state index in [0.717, 1.165) is 12.8 Å². The summed E-state index contributed by atoms with van der Waals surface area (Å²) < 4.78 is 28.4. The van der Waals surface area contributed by atoms with Crippen molar-refractivity contribution in [3.63, 3.8) is 0 Å². The highest BCUT2D eigenvalue weighted by molar-refractivity contribution is 7.89. The highest BCUT2D eigenvalue weighted by Gasteiger charge is 2.29. The zero-order chi connectivity index (χ0) is 15.6. The molecule has 1 saturated heterocycles. The Morgan fingerprint density at radius 1 is 1.48 bits per heavy atom. The quantitative estimate of drug-likeness (QED) is 0.780. The number of hydrogen-bond acceptors (Lipinski definition) is 5. The molecule has 0 radical (unpaired) electrons. The molecule has 1 aromatic heterocycles. The lowest BCUT2D eigenvalue weighted by atomic mass is 10.3. The van der Waals surface area contributed by atoms with Gasteiger partial charge >= 0.3 is 0 Å². The van der Waals surface area contributed by atoms with Crippen LogP contribution in [0.3, 0.4) is 0 Å². The largest absolute Gasteiger partial charge is 0.381 e. The van der Waals surface area contributed by atoms with Crippen molar-refractivity contribution < 1.29 is 13.2 Å². The van der Waals surface area contributed by atoms with Gasteiger partial charge < -0.3 is 10.6 Å². The average Bonchev–Trinajstić information content (AvgIpc) is 3.06. The molecule has 2 rings (SSSR count). The second kappa shape index (κ2) is 6.02. The summed E-state index contributed by atoms with van der Waals surface area (Å²) in [6.45, 7) is 5.25. The predicted octanol–water partition coefficient (Wildman–Crippen LogP) is -0.226. The number of likely N-dealkylation sites (tertiary alicyclic amines) is 1. The van der Waals surface area contributed by atoms with E-state index in [9.17, 15) is 13.2 Å². The molecule has 1 fully saturated rings. The predicted molar refractivity (Wildman–Crippen MR) is 77.9 cm³/mol. The molecule has 1 aromatic rings. The minimum absolute atomic E-state index is 0.0647. The third-order valence-corrected chi connectivity index (χ3v) is 5.05. The Labute approximate surface area is 124 Å². The van der Waals surface area contributed by atoms with Gasteiger partial charge in [0.25, 0.3) is 0 Å². The normalized spacial score (nSPS) is 17.1. The molecule has 0 spiro atoms. The first-order chi connectivity index (χ1) is 9.85. The van der Waals surface area contributed by atoms with Gasteiger partial charge in [-0.25, -0.2) is 8.42 Å². The zero-order valence-corrected chi connectivity index (χ0v) is 13.1. The molecule has 0 aromatic carbocycles. The maximum absolute atomic E-state index is 12.3. The molecule has 8 nitrogen and oxygen atoms in total. The number of carbonyl (C=O) groups excluding carboxylic acids is 1. The van der Waals surface area contributed by atoms with Crippen LogP contribution in [0.2, 0.25) is 0 Å². The summed E-state index contributed by atoms with van der Waals surface area (Å²) >= 11 is 0. The fraction of sp³-hybridized carbons (Fsp3) is 0.667. The van der Waals surface area contributed by atoms with Crippen molar-refractivity contribution >= 4 is 21.7 Å². The van der Waals surface area contributed by atoms with Gasteiger partial charge in [0.15, 0.2) is 5.82 Å². The minimum Gasteiger partial charge on any atom is -0.381 e. The highest BCUT2D eigenvalue weighted by atomic mass is 32.2. The van der Waals surface area contributed by atoms with Crippen LogP contribution in [0.4, 0.5) is 5.82 Å². The van der Waals surface area contributed by atoms with E-state index >= 15 is 0 Å². The SMILES string of the molecule is CCn1cc(S(=O)(=O)NC(C)C(=O)N2CCCC2)c(N)n1. The minimum atomic E-state index is -3.86. The van der Waals surface area contributed by atoms with Gasteiger partial charge in [-0.15, -0.1) is 0 Å². The van der Waals surface area contributed by atoms with E-state index in [1.165, 1.54) is 10.9 Å². The Kier molecular flexibility index (Phi) is 4.52. The maximum atomic E-state index is 12.3. The number of sulfonamides is 1. The van der Waals surface area contributed by atoms with E-state index in [1.54, 1.807) is 11.8 Å². The fourth-order valence-electron chi connectivity index (χ4n) is 2.35. The number of nitrogens with zero attached hydrogens (tertiary/aromatic N) is 3. The van der Waals surface area contributed by atoms with Crippen molar-refractivity contribution in [2.45, 2.75) is 44.2 Å². The summed E-state index contributed by atoms with van der Waals surface area (Å²) in [5, 5.41) is 3.90. The van der Waals surface area contributed by atoms with Gasteiger partial charge in [-0.05, 0) is 26.7 Å². The Hall–Kier alpha value is -1.61. The van der Waals surface area contributed by atoms with Crippen molar-refractivity contribution in [2.24, 2.45) is 0 Å². The third-order valence-electron chi connectivity index (χ3n) is 3.49. The molecular weight excluding hydrogens is 294 g/mol. The van der Waals surface area contributed by atoms with Gasteiger partial charge in [-0.2, -0.15) is 9.82 Å². The molecule has 2 heterocycles. The van der Waals surface area contributed by atoms with Gasteiger partial charge in [0.1, 0.15) is 4.90 Å². The molecule has 3 N–H and O–H groups in total. The number of nitrogens with two attached hydrogens (primary N) is 1. The molecule has 0 bridgehead atoms. The molecule has 118 valence electrons. The number of aromatic nitrogens is 2. The maximum Gasteiger partial charge on any atom is 0.246 e. The Morgan fingerprint density at radius 3 is 2.62 bits per heavy atom. The van der Waals surface area contributed by atoms with E-state index in [0.29, 0.717) is 19.6 Å². The number of rotatable bonds is 5. The van der Waals surface area contributed by atoms with Crippen molar-refractivity contribution in [2.75, 3.05) is 18.8 Å². The molecule has 21 heavy (non-hydrogen) atoms. The van der Waals surface area contributed by atoms with Gasteiger partial charge in [0, 0.05) is 25.8 Å². The van der Waals surface area contributed by atoms with E-state index in [-0.39, 0.29) is 16.6 Å². The summed E-state index contributed by atoms with van der Waals surface area (Å²) in [4.78, 5) is 13.7. The number of anilines is 1. The number of hydrogen-bond donors (Lipinski definition) is 2. The Balaban J connectivity index is 2.12. The second-order valence-electron chi connectivity index (χ2n) is 5.11. The van der Waals surface area contributed by atoms with Crippen LogP contribution in [0, 0.1) is 0 Å². The number of carbonyl (C=O) groups is 1. The van der Waals surface area contributed by atoms with E-state index in [2.05, 4.69) is 9.82 Å². The van der Waals surface area contributed by atoms with E-state index in [4.69, 9.17) is 5.73 Å². The van der Waals surface area contributed by atoms with Gasteiger partial charge in [0.05, 0.1) is 6.04 Å². The lowest BCUT2D eigenvalue weighted by molar-refractivity contribution is -0.131. The van der Waals surface area contributed by atoms with Crippen molar-refractivity contribution in [1.82, 2.24) is 19.4 Å². The lowest BCUT2D eigenvalue weighted by Gasteiger charge is -2.20. The molecule has 1 aliphatic rings. The lowest BCUT2D eigenvalue weighted by Crippen LogP contribution is -2.45. The van der Waals surface area contributed by atoms with Gasteiger partial charge in [-0.3, -0.25) is 9.48 Å². The summed E-state index contributed by atoms with van der Waals surface area (Å²) in [6, 6.07) is -0.822. The highest BCUT2D eigenvalue weighted by Crippen LogP contribution is 2.17. The van der Waals surface area contributed by atoms with Crippen LogP contribution in [0.15, 0.2) is 11.1 Å². The van der Waals surface area contributed by atoms with Crippen molar-refractivity contribution in [3.8, 4) is 0 Å². The van der Waals surface area contributed by atoms with Crippen LogP contribution in [-0.2, 0) is 21.4 Å². The van der Waals surface area contributed by atoms with E-state index < -0.39 is 16.1 Å². The second-order valence-corrected chi connectivity index (χ2v) is 6.79. The molecule has 0 saturated carbocycles. The van der Waals surface area contributed by atoms with E-state index in [1.807, 2.05) is 6.92 Å². The summed E-state index contributed by atoms with van der Waals surface area (Å²) in [7, 11) is -3.86. The van der Waals surface area contributed by atoms with Crippen LogP contribution >= 0.6 is 0 Å². The molecule has 1 atom stereocenters. The number of amides is 1. The third kappa shape index (κ3) is 3.35. The van der Waals surface area contributed by atoms with Crippen LogP contribution in [0.1, 0.15) is 26.7 Å². The average molecular weight is 315 g/mol. The molecule has 1 unspecified atom stereocenters. The van der Waals surface area contributed by atoms with Crippen LogP contribution in [-0.4, -0.2) is 48.1 Å². The first-order valence-corrected chi connectivity index (χ1v) is 8.47. The first kappa shape index (κ1) is 15.8.